The van der Waals surface area contributed by atoms with Gasteiger partial charge in [-0.05, 0) is 24.0 Å². The number of carbonyl (C=O) groups is 1. The standard InChI is InChI=1S/C21H25NO/c1-2-9-19-15-21(23)20(14-17-10-5-3-6-11-17)22(19)16-18-12-7-4-8-13-18/h3-8,10-13,19-20H,2,9,14-16H2,1H3. The van der Waals surface area contributed by atoms with Gasteiger partial charge in [0.1, 0.15) is 0 Å². The maximum Gasteiger partial charge on any atom is 0.151 e. The van der Waals surface area contributed by atoms with Gasteiger partial charge in [0.05, 0.1) is 6.04 Å². The van der Waals surface area contributed by atoms with Gasteiger partial charge in [-0.1, -0.05) is 74.0 Å². The molecule has 1 heterocycles. The molecule has 0 aromatic heterocycles. The minimum Gasteiger partial charge on any atom is -0.298 e. The van der Waals surface area contributed by atoms with Crippen LogP contribution in [-0.4, -0.2) is 22.8 Å². The summed E-state index contributed by atoms with van der Waals surface area (Å²) in [5.74, 6) is 0.406. The van der Waals surface area contributed by atoms with Crippen LogP contribution in [0.15, 0.2) is 60.7 Å². The molecule has 2 unspecified atom stereocenters. The van der Waals surface area contributed by atoms with Crippen LogP contribution in [0.4, 0.5) is 0 Å². The van der Waals surface area contributed by atoms with Crippen LogP contribution in [0.25, 0.3) is 0 Å². The van der Waals surface area contributed by atoms with Gasteiger partial charge in [0, 0.05) is 19.0 Å². The van der Waals surface area contributed by atoms with E-state index in [9.17, 15) is 4.79 Å². The van der Waals surface area contributed by atoms with Crippen LogP contribution in [-0.2, 0) is 17.8 Å². The van der Waals surface area contributed by atoms with Crippen LogP contribution in [0.1, 0.15) is 37.3 Å². The lowest BCUT2D eigenvalue weighted by Crippen LogP contribution is -2.38. The van der Waals surface area contributed by atoms with Gasteiger partial charge in [-0.25, -0.2) is 0 Å². The van der Waals surface area contributed by atoms with E-state index in [1.54, 1.807) is 0 Å². The summed E-state index contributed by atoms with van der Waals surface area (Å²) in [6.07, 6.45) is 3.76. The van der Waals surface area contributed by atoms with E-state index < -0.39 is 0 Å². The minimum absolute atomic E-state index is 0.0224. The Labute approximate surface area is 139 Å². The Hall–Kier alpha value is -1.93. The van der Waals surface area contributed by atoms with Gasteiger partial charge in [0.15, 0.2) is 5.78 Å². The van der Waals surface area contributed by atoms with Crippen molar-refractivity contribution in [1.29, 1.82) is 0 Å². The fourth-order valence-electron chi connectivity index (χ4n) is 3.63. The summed E-state index contributed by atoms with van der Waals surface area (Å²) in [5, 5.41) is 0. The predicted octanol–water partition coefficient (Wildman–Crippen LogP) is 4.24. The van der Waals surface area contributed by atoms with E-state index in [1.165, 1.54) is 11.1 Å². The summed E-state index contributed by atoms with van der Waals surface area (Å²) in [5.41, 5.74) is 2.54. The van der Waals surface area contributed by atoms with Crippen LogP contribution in [0, 0.1) is 0 Å². The second kappa shape index (κ2) is 7.56. The highest BCUT2D eigenvalue weighted by Gasteiger charge is 2.39. The molecule has 1 fully saturated rings. The van der Waals surface area contributed by atoms with Gasteiger partial charge < -0.3 is 0 Å². The monoisotopic (exact) mass is 307 g/mol. The first-order chi connectivity index (χ1) is 11.3. The molecule has 1 saturated heterocycles. The Balaban J connectivity index is 1.80. The molecule has 3 rings (SSSR count). The first-order valence-corrected chi connectivity index (χ1v) is 8.64. The Morgan fingerprint density at radius 1 is 0.957 bits per heavy atom. The molecule has 2 aromatic carbocycles. The number of Topliss-reactive ketones (excluding diaryl/α,β-unsaturated/α-hetero) is 1. The average molecular weight is 307 g/mol. The third-order valence-corrected chi connectivity index (χ3v) is 4.78. The first kappa shape index (κ1) is 15.9. The molecule has 120 valence electrons. The summed E-state index contributed by atoms with van der Waals surface area (Å²) >= 11 is 0. The number of hydrogen-bond acceptors (Lipinski definition) is 2. The number of hydrogen-bond donors (Lipinski definition) is 0. The second-order valence-corrected chi connectivity index (χ2v) is 6.48. The number of carbonyl (C=O) groups excluding carboxylic acids is 1. The topological polar surface area (TPSA) is 20.3 Å². The third kappa shape index (κ3) is 3.89. The van der Waals surface area contributed by atoms with E-state index in [2.05, 4.69) is 60.4 Å². The van der Waals surface area contributed by atoms with Crippen molar-refractivity contribution in [2.75, 3.05) is 0 Å². The summed E-state index contributed by atoms with van der Waals surface area (Å²) in [6, 6.07) is 21.3. The molecule has 1 aliphatic heterocycles. The summed E-state index contributed by atoms with van der Waals surface area (Å²) in [7, 11) is 0. The number of likely N-dealkylation sites (tertiary alicyclic amines) is 1. The molecule has 0 bridgehead atoms. The number of rotatable bonds is 6. The van der Waals surface area contributed by atoms with E-state index >= 15 is 0 Å². The molecule has 2 atom stereocenters. The Bertz CT molecular complexity index is 623. The smallest absolute Gasteiger partial charge is 0.151 e. The minimum atomic E-state index is 0.0224. The van der Waals surface area contributed by atoms with Gasteiger partial charge >= 0.3 is 0 Å². The molecule has 0 N–H and O–H groups in total. The predicted molar refractivity (Wildman–Crippen MR) is 94.2 cm³/mol. The van der Waals surface area contributed by atoms with Crippen LogP contribution >= 0.6 is 0 Å². The van der Waals surface area contributed by atoms with Gasteiger partial charge in [-0.2, -0.15) is 0 Å². The van der Waals surface area contributed by atoms with Crippen molar-refractivity contribution in [2.45, 2.75) is 51.2 Å². The molecule has 0 radical (unpaired) electrons. The van der Waals surface area contributed by atoms with Crippen molar-refractivity contribution < 1.29 is 4.79 Å². The molecule has 0 amide bonds. The van der Waals surface area contributed by atoms with Crippen molar-refractivity contribution in [1.82, 2.24) is 4.90 Å². The van der Waals surface area contributed by atoms with Crippen molar-refractivity contribution in [3.05, 3.63) is 71.8 Å². The Kier molecular flexibility index (Phi) is 5.24. The van der Waals surface area contributed by atoms with E-state index in [0.717, 1.165) is 25.8 Å². The molecule has 23 heavy (non-hydrogen) atoms. The van der Waals surface area contributed by atoms with Crippen LogP contribution < -0.4 is 0 Å². The van der Waals surface area contributed by atoms with Crippen molar-refractivity contribution in [3.8, 4) is 0 Å². The van der Waals surface area contributed by atoms with Crippen molar-refractivity contribution >= 4 is 5.78 Å². The average Bonchev–Trinajstić information content (AvgIpc) is 2.86. The zero-order valence-electron chi connectivity index (χ0n) is 13.8. The highest BCUT2D eigenvalue weighted by molar-refractivity contribution is 5.87. The fourth-order valence-corrected chi connectivity index (χ4v) is 3.63. The molecule has 0 spiro atoms. The van der Waals surface area contributed by atoms with E-state index in [-0.39, 0.29) is 6.04 Å². The van der Waals surface area contributed by atoms with E-state index in [4.69, 9.17) is 0 Å². The fraction of sp³-hybridized carbons (Fsp3) is 0.381. The highest BCUT2D eigenvalue weighted by Crippen LogP contribution is 2.28. The lowest BCUT2D eigenvalue weighted by molar-refractivity contribution is -0.120. The molecule has 1 aliphatic rings. The molecule has 2 heteroatoms. The normalized spacial score (nSPS) is 21.7. The van der Waals surface area contributed by atoms with Gasteiger partial charge in [0.25, 0.3) is 0 Å². The summed E-state index contributed by atoms with van der Waals surface area (Å²) in [6.45, 7) is 3.07. The van der Waals surface area contributed by atoms with Crippen LogP contribution in [0.5, 0.6) is 0 Å². The van der Waals surface area contributed by atoms with Crippen LogP contribution in [0.2, 0.25) is 0 Å². The molecule has 0 saturated carbocycles. The molecule has 2 aromatic rings. The molecular formula is C21H25NO. The number of benzene rings is 2. The Morgan fingerprint density at radius 3 is 2.17 bits per heavy atom. The highest BCUT2D eigenvalue weighted by atomic mass is 16.1. The summed E-state index contributed by atoms with van der Waals surface area (Å²) in [4.78, 5) is 15.1. The maximum absolute atomic E-state index is 12.6. The second-order valence-electron chi connectivity index (χ2n) is 6.48. The van der Waals surface area contributed by atoms with Gasteiger partial charge in [0.2, 0.25) is 0 Å². The van der Waals surface area contributed by atoms with Crippen molar-refractivity contribution in [2.24, 2.45) is 0 Å². The van der Waals surface area contributed by atoms with Crippen molar-refractivity contribution in [3.63, 3.8) is 0 Å². The van der Waals surface area contributed by atoms with Gasteiger partial charge in [-0.15, -0.1) is 0 Å². The third-order valence-electron chi connectivity index (χ3n) is 4.78. The lowest BCUT2D eigenvalue weighted by Gasteiger charge is -2.29. The van der Waals surface area contributed by atoms with E-state index in [1.807, 2.05) is 12.1 Å². The molecule has 2 nitrogen and oxygen atoms in total. The zero-order valence-corrected chi connectivity index (χ0v) is 13.8. The summed E-state index contributed by atoms with van der Waals surface area (Å²) < 4.78 is 0. The van der Waals surface area contributed by atoms with Crippen LogP contribution in [0.3, 0.4) is 0 Å². The number of ketones is 1. The quantitative estimate of drug-likeness (QED) is 0.795. The Morgan fingerprint density at radius 2 is 1.57 bits per heavy atom. The first-order valence-electron chi connectivity index (χ1n) is 8.64. The SMILES string of the molecule is CCCC1CC(=O)C(Cc2ccccc2)N1Cc1ccccc1. The molecule has 0 aliphatic carbocycles. The lowest BCUT2D eigenvalue weighted by atomic mass is 10.0. The zero-order chi connectivity index (χ0) is 16.1. The van der Waals surface area contributed by atoms with E-state index in [0.29, 0.717) is 18.2 Å². The number of nitrogens with zero attached hydrogens (tertiary/aromatic N) is 1. The largest absolute Gasteiger partial charge is 0.298 e. The van der Waals surface area contributed by atoms with Gasteiger partial charge in [-0.3, -0.25) is 9.69 Å². The maximum atomic E-state index is 12.6. The molecular weight excluding hydrogens is 282 g/mol.